The summed E-state index contributed by atoms with van der Waals surface area (Å²) in [5.41, 5.74) is 7.16. The SMILES string of the molecule is COc1ccc(C(C)C)cc1S(=O)(=O)Nc1ccc(CC(N)=O)cc1. The molecule has 0 aliphatic carbocycles. The van der Waals surface area contributed by atoms with Crippen LogP contribution < -0.4 is 15.2 Å². The molecule has 2 rings (SSSR count). The van der Waals surface area contributed by atoms with E-state index >= 15 is 0 Å². The number of nitrogens with two attached hydrogens (primary N) is 1. The molecule has 0 aromatic heterocycles. The van der Waals surface area contributed by atoms with Crippen molar-refractivity contribution in [2.45, 2.75) is 31.1 Å². The van der Waals surface area contributed by atoms with Gasteiger partial charge in [-0.05, 0) is 41.3 Å². The topological polar surface area (TPSA) is 98.5 Å². The second kappa shape index (κ2) is 7.57. The van der Waals surface area contributed by atoms with Crippen LogP contribution in [-0.4, -0.2) is 21.4 Å². The normalized spacial score (nSPS) is 11.4. The van der Waals surface area contributed by atoms with Gasteiger partial charge in [-0.3, -0.25) is 9.52 Å². The summed E-state index contributed by atoms with van der Waals surface area (Å²) in [5.74, 6) is 0.0266. The van der Waals surface area contributed by atoms with Crippen molar-refractivity contribution in [1.29, 1.82) is 0 Å². The molecule has 0 saturated carbocycles. The first-order valence-corrected chi connectivity index (χ1v) is 9.29. The summed E-state index contributed by atoms with van der Waals surface area (Å²) in [4.78, 5) is 11.0. The third-order valence-corrected chi connectivity index (χ3v) is 5.13. The lowest BCUT2D eigenvalue weighted by Gasteiger charge is -2.14. The van der Waals surface area contributed by atoms with Crippen LogP contribution in [-0.2, 0) is 21.2 Å². The van der Waals surface area contributed by atoms with Crippen molar-refractivity contribution in [1.82, 2.24) is 0 Å². The van der Waals surface area contributed by atoms with E-state index in [1.54, 1.807) is 36.4 Å². The zero-order valence-corrected chi connectivity index (χ0v) is 15.3. The number of methoxy groups -OCH3 is 1. The van der Waals surface area contributed by atoms with Crippen LogP contribution in [0.2, 0.25) is 0 Å². The zero-order valence-electron chi connectivity index (χ0n) is 14.4. The highest BCUT2D eigenvalue weighted by Gasteiger charge is 2.21. The number of primary amides is 1. The number of sulfonamides is 1. The molecule has 2 aromatic rings. The molecule has 0 aliphatic heterocycles. The van der Waals surface area contributed by atoms with Crippen LogP contribution in [0.5, 0.6) is 5.75 Å². The minimum absolute atomic E-state index is 0.0856. The summed E-state index contributed by atoms with van der Waals surface area (Å²) in [6.45, 7) is 3.98. The quantitative estimate of drug-likeness (QED) is 0.791. The molecule has 134 valence electrons. The van der Waals surface area contributed by atoms with Gasteiger partial charge in [-0.1, -0.05) is 32.0 Å². The van der Waals surface area contributed by atoms with Crippen molar-refractivity contribution in [2.75, 3.05) is 11.8 Å². The highest BCUT2D eigenvalue weighted by Crippen LogP contribution is 2.29. The van der Waals surface area contributed by atoms with Gasteiger partial charge in [-0.2, -0.15) is 0 Å². The van der Waals surface area contributed by atoms with Crippen molar-refractivity contribution >= 4 is 21.6 Å². The molecule has 1 amide bonds. The molecule has 0 bridgehead atoms. The van der Waals surface area contributed by atoms with Crippen molar-refractivity contribution in [3.63, 3.8) is 0 Å². The van der Waals surface area contributed by atoms with Gasteiger partial charge in [-0.15, -0.1) is 0 Å². The number of anilines is 1. The Morgan fingerprint density at radius 3 is 2.32 bits per heavy atom. The number of carbonyl (C=O) groups excluding carboxylic acids is 1. The number of hydrogen-bond acceptors (Lipinski definition) is 4. The van der Waals surface area contributed by atoms with Crippen LogP contribution in [0.25, 0.3) is 0 Å². The Hall–Kier alpha value is -2.54. The fourth-order valence-electron chi connectivity index (χ4n) is 2.36. The summed E-state index contributed by atoms with van der Waals surface area (Å²) in [7, 11) is -2.38. The van der Waals surface area contributed by atoms with Crippen LogP contribution >= 0.6 is 0 Å². The van der Waals surface area contributed by atoms with E-state index in [9.17, 15) is 13.2 Å². The molecule has 3 N–H and O–H groups in total. The molecule has 0 saturated heterocycles. The number of hydrogen-bond donors (Lipinski definition) is 2. The van der Waals surface area contributed by atoms with Gasteiger partial charge >= 0.3 is 0 Å². The summed E-state index contributed by atoms with van der Waals surface area (Å²) in [5, 5.41) is 0. The number of rotatable bonds is 7. The fourth-order valence-corrected chi connectivity index (χ4v) is 3.63. The minimum Gasteiger partial charge on any atom is -0.495 e. The van der Waals surface area contributed by atoms with E-state index in [1.165, 1.54) is 7.11 Å². The van der Waals surface area contributed by atoms with Crippen molar-refractivity contribution in [2.24, 2.45) is 5.73 Å². The lowest BCUT2D eigenvalue weighted by molar-refractivity contribution is -0.117. The van der Waals surface area contributed by atoms with E-state index in [0.717, 1.165) is 11.1 Å². The molecule has 6 nitrogen and oxygen atoms in total. The maximum Gasteiger partial charge on any atom is 0.265 e. The van der Waals surface area contributed by atoms with Crippen molar-refractivity contribution in [3.05, 3.63) is 53.6 Å². The third-order valence-electron chi connectivity index (χ3n) is 3.73. The molecule has 2 aromatic carbocycles. The summed E-state index contributed by atoms with van der Waals surface area (Å²) in [6.07, 6.45) is 0.108. The van der Waals surface area contributed by atoms with E-state index in [1.807, 2.05) is 19.9 Å². The largest absolute Gasteiger partial charge is 0.495 e. The predicted molar refractivity (Wildman–Crippen MR) is 97.2 cm³/mol. The van der Waals surface area contributed by atoms with Crippen LogP contribution in [0, 0.1) is 0 Å². The molecular weight excluding hydrogens is 340 g/mol. The Kier molecular flexibility index (Phi) is 5.69. The average Bonchev–Trinajstić information content (AvgIpc) is 2.55. The first kappa shape index (κ1) is 18.8. The summed E-state index contributed by atoms with van der Waals surface area (Å²) >= 11 is 0. The van der Waals surface area contributed by atoms with Gasteiger partial charge in [-0.25, -0.2) is 8.42 Å². The predicted octanol–water partition coefficient (Wildman–Crippen LogP) is 2.65. The van der Waals surface area contributed by atoms with Crippen molar-refractivity contribution < 1.29 is 17.9 Å². The monoisotopic (exact) mass is 362 g/mol. The van der Waals surface area contributed by atoms with Gasteiger partial charge < -0.3 is 10.5 Å². The van der Waals surface area contributed by atoms with Crippen LogP contribution in [0.4, 0.5) is 5.69 Å². The smallest absolute Gasteiger partial charge is 0.265 e. The molecular formula is C18H22N2O4S. The second-order valence-corrected chi connectivity index (χ2v) is 7.66. The minimum atomic E-state index is -3.81. The highest BCUT2D eigenvalue weighted by molar-refractivity contribution is 7.92. The van der Waals surface area contributed by atoms with Gasteiger partial charge in [0, 0.05) is 5.69 Å². The fraction of sp³-hybridized carbons (Fsp3) is 0.278. The van der Waals surface area contributed by atoms with E-state index in [2.05, 4.69) is 4.72 Å². The lowest BCUT2D eigenvalue weighted by Crippen LogP contribution is -2.15. The maximum absolute atomic E-state index is 12.8. The highest BCUT2D eigenvalue weighted by atomic mass is 32.2. The van der Waals surface area contributed by atoms with Gasteiger partial charge in [0.2, 0.25) is 5.91 Å². The van der Waals surface area contributed by atoms with Gasteiger partial charge in [0.25, 0.3) is 10.0 Å². The molecule has 0 atom stereocenters. The van der Waals surface area contributed by atoms with Gasteiger partial charge in [0.15, 0.2) is 0 Å². The second-order valence-electron chi connectivity index (χ2n) is 6.01. The molecule has 0 fully saturated rings. The Bertz CT molecular complexity index is 859. The standard InChI is InChI=1S/C18H22N2O4S/c1-12(2)14-6-9-16(24-3)17(11-14)25(22,23)20-15-7-4-13(5-8-15)10-18(19)21/h4-9,11-12,20H,10H2,1-3H3,(H2,19,21). The summed E-state index contributed by atoms with van der Waals surface area (Å²) in [6, 6.07) is 11.6. The molecule has 0 aliphatic rings. The number of nitrogens with one attached hydrogen (secondary N) is 1. The number of ether oxygens (including phenoxy) is 1. The van der Waals surface area contributed by atoms with Crippen LogP contribution in [0.15, 0.2) is 47.4 Å². The summed E-state index contributed by atoms with van der Waals surface area (Å²) < 4.78 is 33.2. The number of benzene rings is 2. The van der Waals surface area contributed by atoms with Crippen LogP contribution in [0.1, 0.15) is 30.9 Å². The van der Waals surface area contributed by atoms with E-state index < -0.39 is 15.9 Å². The number of amides is 1. The number of carbonyl (C=O) groups is 1. The Morgan fingerprint density at radius 1 is 1.16 bits per heavy atom. The Morgan fingerprint density at radius 2 is 1.80 bits per heavy atom. The Labute approximate surface area is 148 Å². The first-order chi connectivity index (χ1) is 11.7. The van der Waals surface area contributed by atoms with Crippen LogP contribution in [0.3, 0.4) is 0 Å². The molecule has 0 spiro atoms. The van der Waals surface area contributed by atoms with E-state index in [0.29, 0.717) is 5.69 Å². The Balaban J connectivity index is 2.32. The maximum atomic E-state index is 12.8. The molecule has 7 heteroatoms. The molecule has 0 radical (unpaired) electrons. The third kappa shape index (κ3) is 4.73. The molecule has 0 unspecified atom stereocenters. The average molecular weight is 362 g/mol. The van der Waals surface area contributed by atoms with Crippen molar-refractivity contribution in [3.8, 4) is 5.75 Å². The van der Waals surface area contributed by atoms with Gasteiger partial charge in [0.05, 0.1) is 13.5 Å². The molecule has 25 heavy (non-hydrogen) atoms. The van der Waals surface area contributed by atoms with E-state index in [-0.39, 0.29) is 23.0 Å². The first-order valence-electron chi connectivity index (χ1n) is 7.81. The van der Waals surface area contributed by atoms with E-state index in [4.69, 9.17) is 10.5 Å². The lowest BCUT2D eigenvalue weighted by atomic mass is 10.0. The molecule has 0 heterocycles. The zero-order chi connectivity index (χ0) is 18.6. The van der Waals surface area contributed by atoms with Gasteiger partial charge in [0.1, 0.15) is 10.6 Å².